The fourth-order valence-electron chi connectivity index (χ4n) is 3.87. The predicted octanol–water partition coefficient (Wildman–Crippen LogP) is 2.99. The van der Waals surface area contributed by atoms with Gasteiger partial charge in [0.2, 0.25) is 0 Å². The molecule has 0 aliphatic carbocycles. The van der Waals surface area contributed by atoms with Crippen LogP contribution in [-0.2, 0) is 11.0 Å². The molecule has 4 radical (unpaired) electrons. The van der Waals surface area contributed by atoms with Crippen LogP contribution in [0.25, 0.3) is 11.5 Å². The summed E-state index contributed by atoms with van der Waals surface area (Å²) in [5, 5.41) is 7.66. The fourth-order valence-corrected chi connectivity index (χ4v) is 4.20. The number of halogens is 3. The van der Waals surface area contributed by atoms with Gasteiger partial charge in [-0.3, -0.25) is 28.7 Å². The Morgan fingerprint density at radius 3 is 2.33 bits per heavy atom. The Kier molecular flexibility index (Phi) is 7.50. The van der Waals surface area contributed by atoms with Crippen molar-refractivity contribution in [3.05, 3.63) is 102 Å². The number of nitrogens with zero attached hydrogens (tertiary/aromatic N) is 5. The molecular formula is C25H20B2Cl2FN5O4. The van der Waals surface area contributed by atoms with E-state index in [1.807, 2.05) is 0 Å². The van der Waals surface area contributed by atoms with Gasteiger partial charge in [0, 0.05) is 42.6 Å². The summed E-state index contributed by atoms with van der Waals surface area (Å²) in [6.45, 7) is 6.20. The van der Waals surface area contributed by atoms with E-state index in [4.69, 9.17) is 43.6 Å². The fraction of sp³-hybridized carbons (Fsp3) is 0.240. The third kappa shape index (κ3) is 5.50. The largest absolute Gasteiger partial charge is 0.499 e. The van der Waals surface area contributed by atoms with Crippen molar-refractivity contribution in [3.63, 3.8) is 0 Å². The summed E-state index contributed by atoms with van der Waals surface area (Å²) in [6.07, 6.45) is 5.38. The molecule has 9 nitrogen and oxygen atoms in total. The van der Waals surface area contributed by atoms with Crippen LogP contribution in [0.3, 0.4) is 0 Å². The van der Waals surface area contributed by atoms with E-state index in [1.54, 1.807) is 13.8 Å². The Morgan fingerprint density at radius 2 is 1.69 bits per heavy atom. The van der Waals surface area contributed by atoms with E-state index in [0.29, 0.717) is 16.9 Å². The van der Waals surface area contributed by atoms with Crippen LogP contribution in [0.4, 0.5) is 4.39 Å². The van der Waals surface area contributed by atoms with Gasteiger partial charge in [0.25, 0.3) is 11.1 Å². The Labute approximate surface area is 235 Å². The molecule has 4 aromatic rings. The van der Waals surface area contributed by atoms with Gasteiger partial charge in [-0.15, -0.1) is 0 Å². The molecule has 14 heteroatoms. The third-order valence-electron chi connectivity index (χ3n) is 5.72. The molecule has 4 aromatic heterocycles. The molecule has 0 saturated heterocycles. The SMILES string of the molecule is [B]C([B])(Oc1cc(C)n(-c2cc(-n3ccnc(C(C)(C)O)c3=O)ncc2C)c(=O)c1Cl)c1ncc(Cl)cc1F. The molecule has 4 heterocycles. The lowest BCUT2D eigenvalue weighted by molar-refractivity contribution is 0.0718. The Bertz CT molecular complexity index is 1720. The molecule has 196 valence electrons. The minimum absolute atomic E-state index is 0.0286. The lowest BCUT2D eigenvalue weighted by Crippen LogP contribution is -2.37. The minimum Gasteiger partial charge on any atom is -0.499 e. The molecule has 1 N–H and O–H groups in total. The Balaban J connectivity index is 1.81. The summed E-state index contributed by atoms with van der Waals surface area (Å²) in [6, 6.07) is 3.88. The molecule has 0 spiro atoms. The van der Waals surface area contributed by atoms with Crippen LogP contribution in [0.15, 0.2) is 52.6 Å². The van der Waals surface area contributed by atoms with Gasteiger partial charge in [0.1, 0.15) is 55.1 Å². The second-order valence-corrected chi connectivity index (χ2v) is 10.1. The van der Waals surface area contributed by atoms with Crippen molar-refractivity contribution in [1.29, 1.82) is 0 Å². The average molecular weight is 566 g/mol. The maximum atomic E-state index is 14.4. The molecule has 0 aliphatic rings. The molecule has 0 amide bonds. The van der Waals surface area contributed by atoms with Crippen LogP contribution < -0.4 is 15.9 Å². The van der Waals surface area contributed by atoms with Crippen molar-refractivity contribution in [2.45, 2.75) is 38.7 Å². The topological polar surface area (TPSA) is 112 Å². The number of hydrogen-bond donors (Lipinski definition) is 1. The predicted molar refractivity (Wildman–Crippen MR) is 146 cm³/mol. The number of ether oxygens (including phenoxy) is 1. The van der Waals surface area contributed by atoms with Crippen molar-refractivity contribution in [2.24, 2.45) is 0 Å². The van der Waals surface area contributed by atoms with E-state index in [1.165, 1.54) is 53.7 Å². The van der Waals surface area contributed by atoms with Crippen LogP contribution >= 0.6 is 23.2 Å². The summed E-state index contributed by atoms with van der Waals surface area (Å²) in [4.78, 5) is 38.5. The van der Waals surface area contributed by atoms with Crippen LogP contribution in [0, 0.1) is 19.7 Å². The van der Waals surface area contributed by atoms with Gasteiger partial charge in [0.05, 0.1) is 16.1 Å². The number of aliphatic hydroxyl groups is 1. The molecular weight excluding hydrogens is 546 g/mol. The molecule has 4 rings (SSSR count). The van der Waals surface area contributed by atoms with Gasteiger partial charge in [-0.25, -0.2) is 9.37 Å². The number of rotatable bonds is 6. The standard InChI is InChI=1S/C25H20B2Cl2FN5O4/c1-12-10-32-18(34-6-5-31-21(23(34)37)24(3,4)38)9-16(12)35-13(2)7-17(19(29)22(35)36)39-25(26,27)20-15(30)8-14(28)11-33-20/h5-11,38H,1-4H3. The molecule has 0 saturated carbocycles. The summed E-state index contributed by atoms with van der Waals surface area (Å²) in [5.74, 6) is -0.945. The summed E-state index contributed by atoms with van der Waals surface area (Å²) < 4.78 is 22.4. The van der Waals surface area contributed by atoms with E-state index >= 15 is 0 Å². The van der Waals surface area contributed by atoms with Crippen LogP contribution in [0.1, 0.15) is 36.5 Å². The second-order valence-electron chi connectivity index (χ2n) is 9.32. The first-order valence-electron chi connectivity index (χ1n) is 11.4. The minimum atomic E-state index is -2.29. The molecule has 0 atom stereocenters. The normalized spacial score (nSPS) is 12.0. The molecule has 0 aromatic carbocycles. The van der Waals surface area contributed by atoms with E-state index in [-0.39, 0.29) is 22.3 Å². The van der Waals surface area contributed by atoms with E-state index in [2.05, 4.69) is 15.0 Å². The van der Waals surface area contributed by atoms with Gasteiger partial charge >= 0.3 is 0 Å². The second kappa shape index (κ2) is 10.3. The highest BCUT2D eigenvalue weighted by Crippen LogP contribution is 2.30. The highest BCUT2D eigenvalue weighted by atomic mass is 35.5. The van der Waals surface area contributed by atoms with Crippen LogP contribution in [0.5, 0.6) is 5.75 Å². The molecule has 0 unspecified atom stereocenters. The number of pyridine rings is 3. The lowest BCUT2D eigenvalue weighted by atomic mass is 9.62. The quantitative estimate of drug-likeness (QED) is 0.358. The highest BCUT2D eigenvalue weighted by Gasteiger charge is 2.29. The van der Waals surface area contributed by atoms with Gasteiger partial charge in [-0.1, -0.05) is 23.2 Å². The maximum absolute atomic E-state index is 14.4. The van der Waals surface area contributed by atoms with E-state index < -0.39 is 38.7 Å². The van der Waals surface area contributed by atoms with Crippen molar-refractivity contribution < 1.29 is 14.2 Å². The number of aryl methyl sites for hydroxylation is 2. The average Bonchev–Trinajstić information content (AvgIpc) is 2.82. The zero-order chi connectivity index (χ0) is 28.9. The Morgan fingerprint density at radius 1 is 1.00 bits per heavy atom. The first-order chi connectivity index (χ1) is 18.1. The smallest absolute Gasteiger partial charge is 0.280 e. The number of hydrogen-bond acceptors (Lipinski definition) is 7. The van der Waals surface area contributed by atoms with Gasteiger partial charge < -0.3 is 9.84 Å². The van der Waals surface area contributed by atoms with E-state index in [9.17, 15) is 19.1 Å². The molecule has 0 fully saturated rings. The first-order valence-corrected chi connectivity index (χ1v) is 12.2. The van der Waals surface area contributed by atoms with Crippen molar-refractivity contribution in [3.8, 4) is 17.3 Å². The Hall–Kier alpha value is -3.47. The summed E-state index contributed by atoms with van der Waals surface area (Å²) in [5.41, 5.74) is -2.01. The monoisotopic (exact) mass is 565 g/mol. The van der Waals surface area contributed by atoms with Gasteiger partial charge in [-0.05, 0) is 39.3 Å². The van der Waals surface area contributed by atoms with Gasteiger partial charge in [0.15, 0.2) is 0 Å². The third-order valence-corrected chi connectivity index (χ3v) is 6.28. The van der Waals surface area contributed by atoms with Crippen LogP contribution in [-0.4, -0.2) is 44.9 Å². The summed E-state index contributed by atoms with van der Waals surface area (Å²) >= 11 is 12.1. The summed E-state index contributed by atoms with van der Waals surface area (Å²) in [7, 11) is 12.0. The zero-order valence-corrected chi connectivity index (χ0v) is 22.7. The lowest BCUT2D eigenvalue weighted by Gasteiger charge is -2.28. The first kappa shape index (κ1) is 28.5. The maximum Gasteiger partial charge on any atom is 0.280 e. The zero-order valence-electron chi connectivity index (χ0n) is 21.2. The molecule has 39 heavy (non-hydrogen) atoms. The molecule has 0 bridgehead atoms. The van der Waals surface area contributed by atoms with Crippen molar-refractivity contribution in [1.82, 2.24) is 24.1 Å². The number of aromatic nitrogens is 5. The van der Waals surface area contributed by atoms with E-state index in [0.717, 1.165) is 12.3 Å². The molecule has 0 aliphatic heterocycles. The van der Waals surface area contributed by atoms with Crippen molar-refractivity contribution >= 4 is 38.9 Å². The van der Waals surface area contributed by atoms with Gasteiger partial charge in [-0.2, -0.15) is 0 Å². The van der Waals surface area contributed by atoms with Crippen molar-refractivity contribution in [2.75, 3.05) is 0 Å². The van der Waals surface area contributed by atoms with Crippen LogP contribution in [0.2, 0.25) is 10.0 Å². The highest BCUT2D eigenvalue weighted by molar-refractivity contribution is 6.39.